The van der Waals surface area contributed by atoms with E-state index in [1.807, 2.05) is 24.4 Å². The molecule has 0 fully saturated rings. The van der Waals surface area contributed by atoms with Crippen molar-refractivity contribution in [3.05, 3.63) is 29.3 Å². The molecule has 1 atom stereocenters. The van der Waals surface area contributed by atoms with Crippen molar-refractivity contribution >= 4 is 56.3 Å². The second kappa shape index (κ2) is 9.15. The third-order valence-corrected chi connectivity index (χ3v) is 6.61. The Labute approximate surface area is 182 Å². The molecule has 0 bridgehead atoms. The number of thioether (sulfide) groups is 1. The van der Waals surface area contributed by atoms with Gasteiger partial charge in [-0.3, -0.25) is 5.43 Å². The maximum absolute atomic E-state index is 6.19. The predicted molar refractivity (Wildman–Crippen MR) is 121 cm³/mol. The zero-order valence-corrected chi connectivity index (χ0v) is 19.2. The lowest BCUT2D eigenvalue weighted by atomic mass is 9.92. The molecule has 1 unspecified atom stereocenters. The van der Waals surface area contributed by atoms with Crippen LogP contribution in [0.4, 0.5) is 5.13 Å². The van der Waals surface area contributed by atoms with Crippen molar-refractivity contribution < 1.29 is 9.47 Å². The van der Waals surface area contributed by atoms with Crippen LogP contribution < -0.4 is 14.9 Å². The van der Waals surface area contributed by atoms with E-state index in [4.69, 9.17) is 21.1 Å². The molecule has 154 valence electrons. The quantitative estimate of drug-likeness (QED) is 0.224. The van der Waals surface area contributed by atoms with Gasteiger partial charge in [-0.05, 0) is 17.5 Å². The highest BCUT2D eigenvalue weighted by molar-refractivity contribution is 8.00. The summed E-state index contributed by atoms with van der Waals surface area (Å²) < 4.78 is 11.5. The van der Waals surface area contributed by atoms with Crippen LogP contribution in [-0.4, -0.2) is 40.6 Å². The van der Waals surface area contributed by atoms with Gasteiger partial charge in [0.05, 0.1) is 35.3 Å². The van der Waals surface area contributed by atoms with Crippen molar-refractivity contribution in [3.63, 3.8) is 0 Å². The SMILES string of the molecule is COc1cc(OC)nc(SC(C=NNc2nc3c(Cl)cccc3s2)C(C)(C)C)n1. The number of thiazole rings is 1. The minimum Gasteiger partial charge on any atom is -0.481 e. The molecule has 1 aromatic carbocycles. The molecule has 0 spiro atoms. The van der Waals surface area contributed by atoms with Gasteiger partial charge < -0.3 is 9.47 Å². The Bertz CT molecular complexity index is 997. The van der Waals surface area contributed by atoms with Gasteiger partial charge >= 0.3 is 0 Å². The molecule has 2 heterocycles. The van der Waals surface area contributed by atoms with Gasteiger partial charge in [0.1, 0.15) is 5.52 Å². The Morgan fingerprint density at radius 2 is 1.86 bits per heavy atom. The largest absolute Gasteiger partial charge is 0.481 e. The highest BCUT2D eigenvalue weighted by Gasteiger charge is 2.26. The van der Waals surface area contributed by atoms with Crippen LogP contribution in [0, 0.1) is 5.41 Å². The van der Waals surface area contributed by atoms with Crippen molar-refractivity contribution in [2.24, 2.45) is 10.5 Å². The third kappa shape index (κ3) is 5.49. The van der Waals surface area contributed by atoms with E-state index >= 15 is 0 Å². The predicted octanol–water partition coefficient (Wildman–Crippen LogP) is 5.36. The van der Waals surface area contributed by atoms with Crippen molar-refractivity contribution in [3.8, 4) is 11.8 Å². The second-order valence-electron chi connectivity index (χ2n) is 7.14. The molecular weight excluding hydrogens is 430 g/mol. The monoisotopic (exact) mass is 451 g/mol. The number of aromatic nitrogens is 3. The molecule has 3 aromatic rings. The van der Waals surface area contributed by atoms with Crippen LogP contribution in [0.15, 0.2) is 34.5 Å². The van der Waals surface area contributed by atoms with Crippen LogP contribution in [0.2, 0.25) is 5.02 Å². The molecule has 0 radical (unpaired) electrons. The average molecular weight is 452 g/mol. The van der Waals surface area contributed by atoms with E-state index in [1.165, 1.54) is 23.1 Å². The van der Waals surface area contributed by atoms with Gasteiger partial charge in [-0.2, -0.15) is 15.1 Å². The van der Waals surface area contributed by atoms with Gasteiger partial charge in [0, 0.05) is 6.21 Å². The molecule has 2 aromatic heterocycles. The summed E-state index contributed by atoms with van der Waals surface area (Å²) in [5.41, 5.74) is 3.69. The highest BCUT2D eigenvalue weighted by Crippen LogP contribution is 2.35. The topological polar surface area (TPSA) is 81.5 Å². The van der Waals surface area contributed by atoms with Crippen molar-refractivity contribution in [1.82, 2.24) is 15.0 Å². The van der Waals surface area contributed by atoms with Gasteiger partial charge in [0.2, 0.25) is 16.9 Å². The maximum Gasteiger partial charge on any atom is 0.220 e. The van der Waals surface area contributed by atoms with Gasteiger partial charge in [-0.1, -0.05) is 61.5 Å². The van der Waals surface area contributed by atoms with Gasteiger partial charge in [0.25, 0.3) is 0 Å². The smallest absolute Gasteiger partial charge is 0.220 e. The van der Waals surface area contributed by atoms with Crippen LogP contribution in [0.1, 0.15) is 20.8 Å². The highest BCUT2D eigenvalue weighted by atomic mass is 35.5. The van der Waals surface area contributed by atoms with E-state index in [2.05, 4.69) is 46.3 Å². The van der Waals surface area contributed by atoms with E-state index in [0.717, 1.165) is 10.2 Å². The number of benzene rings is 1. The summed E-state index contributed by atoms with van der Waals surface area (Å²) in [6, 6.07) is 7.36. The molecule has 1 N–H and O–H groups in total. The first-order chi connectivity index (χ1) is 13.8. The fourth-order valence-corrected chi connectivity index (χ4v) is 4.42. The molecule has 0 saturated heterocycles. The van der Waals surface area contributed by atoms with Crippen molar-refractivity contribution in [2.75, 3.05) is 19.6 Å². The lowest BCUT2D eigenvalue weighted by Crippen LogP contribution is -2.25. The number of ether oxygens (including phenoxy) is 2. The van der Waals surface area contributed by atoms with E-state index in [1.54, 1.807) is 20.3 Å². The number of fused-ring (bicyclic) bond motifs is 1. The minimum absolute atomic E-state index is 0.00946. The summed E-state index contributed by atoms with van der Waals surface area (Å²) in [5, 5.41) is 6.26. The van der Waals surface area contributed by atoms with Crippen LogP contribution in [-0.2, 0) is 0 Å². The minimum atomic E-state index is -0.0909. The molecule has 0 amide bonds. The molecule has 3 rings (SSSR count). The van der Waals surface area contributed by atoms with E-state index < -0.39 is 0 Å². The van der Waals surface area contributed by atoms with Gasteiger partial charge in [-0.15, -0.1) is 0 Å². The number of hydrogen-bond acceptors (Lipinski definition) is 9. The fourth-order valence-electron chi connectivity index (χ4n) is 2.31. The van der Waals surface area contributed by atoms with E-state index in [0.29, 0.717) is 27.1 Å². The number of hydrazone groups is 1. The summed E-state index contributed by atoms with van der Waals surface area (Å²) in [7, 11) is 3.13. The number of nitrogens with one attached hydrogen (secondary N) is 1. The molecule has 29 heavy (non-hydrogen) atoms. The number of hydrogen-bond donors (Lipinski definition) is 1. The lowest BCUT2D eigenvalue weighted by Gasteiger charge is -2.26. The molecule has 0 saturated carbocycles. The molecule has 0 aliphatic carbocycles. The van der Waals surface area contributed by atoms with Gasteiger partial charge in [-0.25, -0.2) is 4.98 Å². The number of methoxy groups -OCH3 is 2. The zero-order chi connectivity index (χ0) is 21.0. The summed E-state index contributed by atoms with van der Waals surface area (Å²) in [4.78, 5) is 13.3. The second-order valence-corrected chi connectivity index (χ2v) is 9.68. The standard InChI is InChI=1S/C19H22ClN5O2S2/c1-19(2,3)13(29-17-22-14(26-4)9-15(23-17)27-5)10-21-25-18-24-16-11(20)7-6-8-12(16)28-18/h6-10,13H,1-5H3,(H,24,25). The maximum atomic E-state index is 6.19. The average Bonchev–Trinajstić information content (AvgIpc) is 3.10. The number of halogens is 1. The first-order valence-electron chi connectivity index (χ1n) is 8.78. The summed E-state index contributed by atoms with van der Waals surface area (Å²) in [6.45, 7) is 6.39. The number of para-hydroxylation sites is 1. The molecule has 0 aliphatic heterocycles. The zero-order valence-electron chi connectivity index (χ0n) is 16.8. The number of rotatable bonds is 7. The normalized spacial score (nSPS) is 13.0. The van der Waals surface area contributed by atoms with Gasteiger partial charge in [0.15, 0.2) is 5.16 Å². The fraction of sp³-hybridized carbons (Fsp3) is 0.368. The Kier molecular flexibility index (Phi) is 6.81. The van der Waals surface area contributed by atoms with Crippen LogP contribution in [0.5, 0.6) is 11.8 Å². The lowest BCUT2D eigenvalue weighted by molar-refractivity contribution is 0.364. The van der Waals surface area contributed by atoms with Crippen molar-refractivity contribution in [2.45, 2.75) is 31.2 Å². The van der Waals surface area contributed by atoms with E-state index in [9.17, 15) is 0 Å². The molecule has 7 nitrogen and oxygen atoms in total. The number of nitrogens with zero attached hydrogens (tertiary/aromatic N) is 4. The molecular formula is C19H22ClN5O2S2. The Balaban J connectivity index is 1.77. The Morgan fingerprint density at radius 1 is 1.17 bits per heavy atom. The van der Waals surface area contributed by atoms with Crippen molar-refractivity contribution in [1.29, 1.82) is 0 Å². The van der Waals surface area contributed by atoms with Crippen LogP contribution in [0.25, 0.3) is 10.2 Å². The summed E-state index contributed by atoms with van der Waals surface area (Å²) >= 11 is 9.18. The summed E-state index contributed by atoms with van der Waals surface area (Å²) in [5.74, 6) is 0.904. The summed E-state index contributed by atoms with van der Waals surface area (Å²) in [6.07, 6.45) is 1.84. The van der Waals surface area contributed by atoms with Crippen LogP contribution >= 0.6 is 34.7 Å². The number of anilines is 1. The third-order valence-electron chi connectivity index (χ3n) is 3.90. The van der Waals surface area contributed by atoms with Crippen LogP contribution in [0.3, 0.4) is 0 Å². The first-order valence-corrected chi connectivity index (χ1v) is 10.9. The first kappa shape index (κ1) is 21.6. The van der Waals surface area contributed by atoms with E-state index in [-0.39, 0.29) is 10.7 Å². The molecule has 0 aliphatic rings. The Hall–Kier alpha value is -2.10. The Morgan fingerprint density at radius 3 is 2.45 bits per heavy atom. The molecule has 10 heteroatoms.